The van der Waals surface area contributed by atoms with Crippen LogP contribution in [-0.4, -0.2) is 27.0 Å². The van der Waals surface area contributed by atoms with Gasteiger partial charge in [-0.3, -0.25) is 4.79 Å². The van der Waals surface area contributed by atoms with Gasteiger partial charge in [0.2, 0.25) is 0 Å². The van der Waals surface area contributed by atoms with Crippen molar-refractivity contribution >= 4 is 14.3 Å². The van der Waals surface area contributed by atoms with Gasteiger partial charge in [0.05, 0.1) is 12.0 Å². The van der Waals surface area contributed by atoms with Gasteiger partial charge in [-0.2, -0.15) is 0 Å². The predicted octanol–water partition coefficient (Wildman–Crippen LogP) is 5.16. The standard InChI is InChI=1S/C18H36O3Si/c1-9-20-16(19)18(5,6)14-11-10-12-15(13-14)21-22(7,8)17(2,3)4/h14-15H,9-13H2,1-8H3/t14-,15+/m1/s1. The van der Waals surface area contributed by atoms with Gasteiger partial charge < -0.3 is 9.16 Å². The summed E-state index contributed by atoms with van der Waals surface area (Å²) in [6, 6.07) is 0. The van der Waals surface area contributed by atoms with Crippen LogP contribution in [0.4, 0.5) is 0 Å². The molecule has 0 N–H and O–H groups in total. The average Bonchev–Trinajstić information content (AvgIpc) is 2.37. The van der Waals surface area contributed by atoms with Crippen LogP contribution in [0.2, 0.25) is 18.1 Å². The second-order valence-corrected chi connectivity index (χ2v) is 13.6. The molecule has 0 unspecified atom stereocenters. The third-order valence-corrected chi connectivity index (χ3v) is 10.3. The van der Waals surface area contributed by atoms with Gasteiger partial charge in [0.1, 0.15) is 0 Å². The molecule has 22 heavy (non-hydrogen) atoms. The summed E-state index contributed by atoms with van der Waals surface area (Å²) in [4.78, 5) is 12.3. The van der Waals surface area contributed by atoms with E-state index in [4.69, 9.17) is 9.16 Å². The van der Waals surface area contributed by atoms with Gasteiger partial charge in [0, 0.05) is 6.10 Å². The summed E-state index contributed by atoms with van der Waals surface area (Å²) in [5, 5.41) is 0.233. The summed E-state index contributed by atoms with van der Waals surface area (Å²) in [6.45, 7) is 17.9. The molecule has 0 aromatic rings. The van der Waals surface area contributed by atoms with Crippen molar-refractivity contribution in [3.63, 3.8) is 0 Å². The van der Waals surface area contributed by atoms with Crippen LogP contribution in [0.5, 0.6) is 0 Å². The largest absolute Gasteiger partial charge is 0.466 e. The highest BCUT2D eigenvalue weighted by molar-refractivity contribution is 6.74. The van der Waals surface area contributed by atoms with E-state index >= 15 is 0 Å². The van der Waals surface area contributed by atoms with Crippen LogP contribution in [0.25, 0.3) is 0 Å². The predicted molar refractivity (Wildman–Crippen MR) is 94.4 cm³/mol. The van der Waals surface area contributed by atoms with Gasteiger partial charge in [-0.15, -0.1) is 0 Å². The van der Waals surface area contributed by atoms with Crippen LogP contribution >= 0.6 is 0 Å². The molecule has 1 saturated carbocycles. The van der Waals surface area contributed by atoms with Crippen LogP contribution in [0, 0.1) is 11.3 Å². The Bertz CT molecular complexity index is 382. The minimum atomic E-state index is -1.74. The van der Waals surface area contributed by atoms with E-state index in [9.17, 15) is 4.79 Å². The van der Waals surface area contributed by atoms with Crippen molar-refractivity contribution in [2.45, 2.75) is 91.5 Å². The first-order valence-electron chi connectivity index (χ1n) is 8.77. The molecule has 1 fully saturated rings. The van der Waals surface area contributed by atoms with Gasteiger partial charge in [-0.1, -0.05) is 27.2 Å². The molecule has 0 saturated heterocycles. The highest BCUT2D eigenvalue weighted by Crippen LogP contribution is 2.43. The molecule has 1 rings (SSSR count). The van der Waals surface area contributed by atoms with Gasteiger partial charge in [-0.25, -0.2) is 0 Å². The lowest BCUT2D eigenvalue weighted by Crippen LogP contribution is -2.46. The summed E-state index contributed by atoms with van der Waals surface area (Å²) in [5.41, 5.74) is -0.411. The molecular formula is C18H36O3Si. The van der Waals surface area contributed by atoms with Crippen molar-refractivity contribution in [1.29, 1.82) is 0 Å². The lowest BCUT2D eigenvalue weighted by molar-refractivity contribution is -0.158. The zero-order chi connectivity index (χ0) is 17.2. The zero-order valence-corrected chi connectivity index (χ0v) is 16.9. The highest BCUT2D eigenvalue weighted by atomic mass is 28.4. The second-order valence-electron chi connectivity index (χ2n) is 8.81. The van der Waals surface area contributed by atoms with Crippen LogP contribution in [0.15, 0.2) is 0 Å². The SMILES string of the molecule is CCOC(=O)C(C)(C)[C@@H]1CCC[C@H](O[Si](C)(C)C(C)(C)C)C1. The highest BCUT2D eigenvalue weighted by Gasteiger charge is 2.44. The minimum absolute atomic E-state index is 0.0621. The Hall–Kier alpha value is -0.353. The molecule has 1 aliphatic rings. The molecule has 0 spiro atoms. The lowest BCUT2D eigenvalue weighted by Gasteiger charge is -2.44. The Morgan fingerprint density at radius 2 is 1.73 bits per heavy atom. The number of hydrogen-bond donors (Lipinski definition) is 0. The quantitative estimate of drug-likeness (QED) is 0.517. The van der Waals surface area contributed by atoms with E-state index in [2.05, 4.69) is 33.9 Å². The fraction of sp³-hybridized carbons (Fsp3) is 0.944. The van der Waals surface area contributed by atoms with E-state index in [0.717, 1.165) is 25.7 Å². The first-order chi connectivity index (χ1) is 9.91. The maximum absolute atomic E-state index is 12.3. The Kier molecular flexibility index (Phi) is 6.30. The Labute approximate surface area is 138 Å². The Balaban J connectivity index is 2.75. The maximum Gasteiger partial charge on any atom is 0.311 e. The molecule has 0 aromatic carbocycles. The number of rotatable bonds is 5. The minimum Gasteiger partial charge on any atom is -0.466 e. The molecule has 0 aromatic heterocycles. The van der Waals surface area contributed by atoms with Gasteiger partial charge in [-0.05, 0) is 64.1 Å². The molecule has 1 aliphatic carbocycles. The van der Waals surface area contributed by atoms with Crippen LogP contribution in [0.3, 0.4) is 0 Å². The third-order valence-electron chi connectivity index (χ3n) is 5.72. The van der Waals surface area contributed by atoms with Gasteiger partial charge in [0.25, 0.3) is 0 Å². The van der Waals surface area contributed by atoms with Crippen molar-refractivity contribution in [3.05, 3.63) is 0 Å². The fourth-order valence-electron chi connectivity index (χ4n) is 2.98. The summed E-state index contributed by atoms with van der Waals surface area (Å²) >= 11 is 0. The zero-order valence-electron chi connectivity index (χ0n) is 15.9. The average molecular weight is 329 g/mol. The second kappa shape index (κ2) is 7.04. The monoisotopic (exact) mass is 328 g/mol. The molecular weight excluding hydrogens is 292 g/mol. The van der Waals surface area contributed by atoms with Gasteiger partial charge >= 0.3 is 5.97 Å². The summed E-state index contributed by atoms with van der Waals surface area (Å²) in [7, 11) is -1.74. The Morgan fingerprint density at radius 1 is 1.14 bits per heavy atom. The smallest absolute Gasteiger partial charge is 0.311 e. The molecule has 3 nitrogen and oxygen atoms in total. The first-order valence-corrected chi connectivity index (χ1v) is 11.7. The number of carbonyl (C=O) groups excluding carboxylic acids is 1. The van der Waals surface area contributed by atoms with Crippen molar-refractivity contribution < 1.29 is 14.0 Å². The molecule has 0 radical (unpaired) electrons. The number of hydrogen-bond acceptors (Lipinski definition) is 3. The van der Waals surface area contributed by atoms with Crippen LogP contribution < -0.4 is 0 Å². The topological polar surface area (TPSA) is 35.5 Å². The lowest BCUT2D eigenvalue weighted by atomic mass is 9.70. The summed E-state index contributed by atoms with van der Waals surface area (Å²) in [6.07, 6.45) is 4.66. The van der Waals surface area contributed by atoms with E-state index < -0.39 is 13.7 Å². The van der Waals surface area contributed by atoms with E-state index in [1.165, 1.54) is 0 Å². The number of carbonyl (C=O) groups is 1. The summed E-state index contributed by atoms with van der Waals surface area (Å²) in [5.74, 6) is 0.294. The van der Waals surface area contributed by atoms with Crippen molar-refractivity contribution in [3.8, 4) is 0 Å². The molecule has 130 valence electrons. The number of esters is 1. The normalized spacial score (nSPS) is 24.2. The van der Waals surface area contributed by atoms with Gasteiger partial charge in [0.15, 0.2) is 8.32 Å². The third kappa shape index (κ3) is 4.57. The van der Waals surface area contributed by atoms with Crippen LogP contribution in [0.1, 0.15) is 67.2 Å². The molecule has 0 heterocycles. The first kappa shape index (κ1) is 19.7. The van der Waals surface area contributed by atoms with Crippen molar-refractivity contribution in [2.75, 3.05) is 6.61 Å². The van der Waals surface area contributed by atoms with E-state index in [1.807, 2.05) is 20.8 Å². The van der Waals surface area contributed by atoms with E-state index in [1.54, 1.807) is 0 Å². The van der Waals surface area contributed by atoms with E-state index in [0.29, 0.717) is 18.6 Å². The molecule has 4 heteroatoms. The van der Waals surface area contributed by atoms with Crippen LogP contribution in [-0.2, 0) is 14.0 Å². The fourth-order valence-corrected chi connectivity index (χ4v) is 4.39. The molecule has 0 aliphatic heterocycles. The molecule has 0 amide bonds. The van der Waals surface area contributed by atoms with Crippen molar-refractivity contribution in [2.24, 2.45) is 11.3 Å². The number of ether oxygens (including phenoxy) is 1. The molecule has 2 atom stereocenters. The van der Waals surface area contributed by atoms with Crippen molar-refractivity contribution in [1.82, 2.24) is 0 Å². The molecule has 0 bridgehead atoms. The Morgan fingerprint density at radius 3 is 2.23 bits per heavy atom. The summed E-state index contributed by atoms with van der Waals surface area (Å²) < 4.78 is 11.9. The van der Waals surface area contributed by atoms with E-state index in [-0.39, 0.29) is 11.0 Å². The maximum atomic E-state index is 12.3.